The van der Waals surface area contributed by atoms with Crippen molar-refractivity contribution in [2.75, 3.05) is 13.1 Å². The molecular formula is C14H28N2O. The van der Waals surface area contributed by atoms with E-state index in [1.54, 1.807) is 0 Å². The molecule has 0 aromatic rings. The highest BCUT2D eigenvalue weighted by atomic mass is 16.2. The van der Waals surface area contributed by atoms with Crippen molar-refractivity contribution >= 4 is 5.91 Å². The monoisotopic (exact) mass is 240 g/mol. The Kier molecular flexibility index (Phi) is 7.25. The van der Waals surface area contributed by atoms with E-state index in [2.05, 4.69) is 24.5 Å². The van der Waals surface area contributed by atoms with Crippen LogP contribution in [0.1, 0.15) is 58.8 Å². The fourth-order valence-electron chi connectivity index (χ4n) is 2.27. The third-order valence-corrected chi connectivity index (χ3v) is 3.38. The van der Waals surface area contributed by atoms with Crippen LogP contribution in [-0.4, -0.2) is 25.0 Å². The van der Waals surface area contributed by atoms with Gasteiger partial charge in [0, 0.05) is 6.54 Å². The first-order valence-corrected chi connectivity index (χ1v) is 7.21. The van der Waals surface area contributed by atoms with Crippen LogP contribution in [0.25, 0.3) is 0 Å². The zero-order chi connectivity index (χ0) is 12.5. The Labute approximate surface area is 106 Å². The van der Waals surface area contributed by atoms with Crippen LogP contribution in [0.3, 0.4) is 0 Å². The number of rotatable bonds is 5. The van der Waals surface area contributed by atoms with Crippen LogP contribution >= 0.6 is 0 Å². The topological polar surface area (TPSA) is 41.1 Å². The molecule has 0 aromatic carbocycles. The maximum atomic E-state index is 11.9. The van der Waals surface area contributed by atoms with Crippen LogP contribution in [0, 0.1) is 5.92 Å². The molecule has 100 valence electrons. The van der Waals surface area contributed by atoms with Crippen LogP contribution in [0.4, 0.5) is 0 Å². The number of amides is 1. The fourth-order valence-corrected chi connectivity index (χ4v) is 2.27. The van der Waals surface area contributed by atoms with Gasteiger partial charge in [0.05, 0.1) is 6.04 Å². The van der Waals surface area contributed by atoms with Crippen LogP contribution in [0.15, 0.2) is 0 Å². The summed E-state index contributed by atoms with van der Waals surface area (Å²) < 4.78 is 0. The average molecular weight is 240 g/mol. The molecule has 1 unspecified atom stereocenters. The minimum atomic E-state index is 0.0503. The first-order valence-electron chi connectivity index (χ1n) is 7.21. The molecule has 0 aromatic heterocycles. The van der Waals surface area contributed by atoms with E-state index >= 15 is 0 Å². The highest BCUT2D eigenvalue weighted by Gasteiger charge is 2.17. The van der Waals surface area contributed by atoms with Crippen molar-refractivity contribution in [3.05, 3.63) is 0 Å². The average Bonchev–Trinajstić information content (AvgIpc) is 2.23. The predicted molar refractivity (Wildman–Crippen MR) is 72.0 cm³/mol. The zero-order valence-electron chi connectivity index (χ0n) is 11.4. The second-order valence-corrected chi connectivity index (χ2v) is 5.54. The van der Waals surface area contributed by atoms with Gasteiger partial charge in [-0.05, 0) is 38.1 Å². The van der Waals surface area contributed by atoms with Gasteiger partial charge in [-0.3, -0.25) is 4.79 Å². The number of hydrogen-bond acceptors (Lipinski definition) is 2. The molecule has 17 heavy (non-hydrogen) atoms. The maximum Gasteiger partial charge on any atom is 0.237 e. The van der Waals surface area contributed by atoms with Crippen molar-refractivity contribution in [3.8, 4) is 0 Å². The summed E-state index contributed by atoms with van der Waals surface area (Å²) >= 11 is 0. The van der Waals surface area contributed by atoms with E-state index in [-0.39, 0.29) is 11.9 Å². The fraction of sp³-hybridized carbons (Fsp3) is 0.929. The lowest BCUT2D eigenvalue weighted by atomic mass is 10.0. The van der Waals surface area contributed by atoms with E-state index in [9.17, 15) is 4.79 Å². The molecule has 0 radical (unpaired) electrons. The van der Waals surface area contributed by atoms with Crippen LogP contribution in [0.5, 0.6) is 0 Å². The van der Waals surface area contributed by atoms with Gasteiger partial charge in [0.15, 0.2) is 0 Å². The summed E-state index contributed by atoms with van der Waals surface area (Å²) in [4.78, 5) is 11.9. The first-order chi connectivity index (χ1) is 8.20. The third kappa shape index (κ3) is 6.67. The van der Waals surface area contributed by atoms with Crippen molar-refractivity contribution < 1.29 is 4.79 Å². The van der Waals surface area contributed by atoms with Crippen molar-refractivity contribution in [1.29, 1.82) is 0 Å². The standard InChI is InChI=1S/C14H28N2O/c1-12(2)8-7-11-16-14(17)13-9-5-3-4-6-10-15-13/h12-13,15H,3-11H2,1-2H3,(H,16,17). The number of carbonyl (C=O) groups excluding carboxylic acids is 1. The molecule has 0 bridgehead atoms. The molecule has 0 spiro atoms. The molecule has 1 heterocycles. The summed E-state index contributed by atoms with van der Waals surface area (Å²) in [6.45, 7) is 6.26. The molecule has 0 saturated carbocycles. The number of carbonyl (C=O) groups is 1. The second-order valence-electron chi connectivity index (χ2n) is 5.54. The van der Waals surface area contributed by atoms with Crippen molar-refractivity contribution in [2.24, 2.45) is 5.92 Å². The van der Waals surface area contributed by atoms with Crippen molar-refractivity contribution in [3.63, 3.8) is 0 Å². The van der Waals surface area contributed by atoms with Gasteiger partial charge in [-0.25, -0.2) is 0 Å². The Balaban J connectivity index is 2.16. The van der Waals surface area contributed by atoms with Gasteiger partial charge in [-0.15, -0.1) is 0 Å². The highest BCUT2D eigenvalue weighted by molar-refractivity contribution is 5.81. The molecule has 2 N–H and O–H groups in total. The molecule has 1 atom stereocenters. The Hall–Kier alpha value is -0.570. The van der Waals surface area contributed by atoms with Gasteiger partial charge in [0.2, 0.25) is 5.91 Å². The minimum absolute atomic E-state index is 0.0503. The molecular weight excluding hydrogens is 212 g/mol. The van der Waals surface area contributed by atoms with Crippen LogP contribution in [-0.2, 0) is 4.79 Å². The van der Waals surface area contributed by atoms with E-state index < -0.39 is 0 Å². The minimum Gasteiger partial charge on any atom is -0.355 e. The first kappa shape index (κ1) is 14.5. The maximum absolute atomic E-state index is 11.9. The van der Waals surface area contributed by atoms with Crippen molar-refractivity contribution in [1.82, 2.24) is 10.6 Å². The molecule has 0 aliphatic carbocycles. The summed E-state index contributed by atoms with van der Waals surface area (Å²) in [6, 6.07) is 0.0503. The van der Waals surface area contributed by atoms with Gasteiger partial charge in [0.25, 0.3) is 0 Å². The van der Waals surface area contributed by atoms with E-state index in [0.29, 0.717) is 0 Å². The SMILES string of the molecule is CC(C)CCCNC(=O)C1CCCCCCN1. The number of hydrogen-bond donors (Lipinski definition) is 2. The molecule has 1 aliphatic rings. The van der Waals surface area contributed by atoms with Crippen LogP contribution < -0.4 is 10.6 Å². The summed E-state index contributed by atoms with van der Waals surface area (Å²) in [6.07, 6.45) is 8.24. The normalized spacial score (nSPS) is 21.9. The molecule has 1 fully saturated rings. The highest BCUT2D eigenvalue weighted by Crippen LogP contribution is 2.09. The summed E-state index contributed by atoms with van der Waals surface area (Å²) in [7, 11) is 0. The molecule has 3 heteroatoms. The Morgan fingerprint density at radius 2 is 2.06 bits per heavy atom. The smallest absolute Gasteiger partial charge is 0.237 e. The van der Waals surface area contributed by atoms with E-state index in [4.69, 9.17) is 0 Å². The zero-order valence-corrected chi connectivity index (χ0v) is 11.4. The Morgan fingerprint density at radius 3 is 2.82 bits per heavy atom. The lowest BCUT2D eigenvalue weighted by molar-refractivity contribution is -0.123. The summed E-state index contributed by atoms with van der Waals surface area (Å²) in [5, 5.41) is 6.41. The second kappa shape index (κ2) is 8.51. The third-order valence-electron chi connectivity index (χ3n) is 3.38. The predicted octanol–water partition coefficient (Wildman–Crippen LogP) is 2.46. The van der Waals surface area contributed by atoms with E-state index in [1.165, 1.54) is 32.1 Å². The molecule has 3 nitrogen and oxygen atoms in total. The summed E-state index contributed by atoms with van der Waals surface area (Å²) in [5.74, 6) is 0.932. The lowest BCUT2D eigenvalue weighted by Crippen LogP contribution is -2.45. The van der Waals surface area contributed by atoms with Gasteiger partial charge < -0.3 is 10.6 Å². The van der Waals surface area contributed by atoms with Crippen LogP contribution in [0.2, 0.25) is 0 Å². The van der Waals surface area contributed by atoms with Crippen molar-refractivity contribution in [2.45, 2.75) is 64.8 Å². The molecule has 1 saturated heterocycles. The largest absolute Gasteiger partial charge is 0.355 e. The molecule has 1 aliphatic heterocycles. The number of nitrogens with one attached hydrogen (secondary N) is 2. The van der Waals surface area contributed by atoms with E-state index in [0.717, 1.165) is 31.8 Å². The molecule has 1 rings (SSSR count). The lowest BCUT2D eigenvalue weighted by Gasteiger charge is -2.20. The Bertz CT molecular complexity index is 208. The summed E-state index contributed by atoms with van der Waals surface area (Å²) in [5.41, 5.74) is 0. The van der Waals surface area contributed by atoms with Gasteiger partial charge in [0.1, 0.15) is 0 Å². The van der Waals surface area contributed by atoms with E-state index in [1.807, 2.05) is 0 Å². The van der Waals surface area contributed by atoms with Gasteiger partial charge >= 0.3 is 0 Å². The van der Waals surface area contributed by atoms with Gasteiger partial charge in [-0.1, -0.05) is 33.1 Å². The quantitative estimate of drug-likeness (QED) is 0.725. The van der Waals surface area contributed by atoms with Gasteiger partial charge in [-0.2, -0.15) is 0 Å². The molecule has 1 amide bonds. The Morgan fingerprint density at radius 1 is 1.29 bits per heavy atom.